The summed E-state index contributed by atoms with van der Waals surface area (Å²) in [6, 6.07) is 14.4. The largest absolute Gasteiger partial charge is 0.341 e. The van der Waals surface area contributed by atoms with Crippen LogP contribution in [0.15, 0.2) is 68.7 Å². The van der Waals surface area contributed by atoms with Crippen LogP contribution in [0.5, 0.6) is 0 Å². The fourth-order valence-corrected chi connectivity index (χ4v) is 5.09. The van der Waals surface area contributed by atoms with Crippen molar-refractivity contribution < 1.29 is 17.6 Å². The molecule has 0 aliphatic carbocycles. The quantitative estimate of drug-likeness (QED) is 0.517. The molecule has 0 spiro atoms. The second-order valence-corrected chi connectivity index (χ2v) is 10.2. The Morgan fingerprint density at radius 2 is 1.90 bits per heavy atom. The molecular formula is C20H18BrFN2O3S2. The summed E-state index contributed by atoms with van der Waals surface area (Å²) in [5, 5.41) is 1.69. The summed E-state index contributed by atoms with van der Waals surface area (Å²) in [6.45, 7) is 0.156. The van der Waals surface area contributed by atoms with Crippen LogP contribution in [0.25, 0.3) is 0 Å². The van der Waals surface area contributed by atoms with Gasteiger partial charge in [-0.3, -0.25) is 9.52 Å². The number of benzene rings is 2. The Labute approximate surface area is 181 Å². The lowest BCUT2D eigenvalue weighted by atomic mass is 10.1. The number of likely N-dealkylation sites (N-methyl/N-ethyl adjacent to an activating group) is 1. The van der Waals surface area contributed by atoms with Crippen LogP contribution in [-0.4, -0.2) is 26.3 Å². The lowest BCUT2D eigenvalue weighted by molar-refractivity contribution is -0.129. The van der Waals surface area contributed by atoms with Crippen molar-refractivity contribution in [2.75, 3.05) is 11.8 Å². The summed E-state index contributed by atoms with van der Waals surface area (Å²) in [5.41, 5.74) is 1.57. The molecule has 152 valence electrons. The third-order valence-electron chi connectivity index (χ3n) is 4.16. The topological polar surface area (TPSA) is 66.5 Å². The maximum atomic E-state index is 13.9. The molecule has 0 saturated carbocycles. The Balaban J connectivity index is 1.61. The normalized spacial score (nSPS) is 11.3. The highest BCUT2D eigenvalue weighted by molar-refractivity contribution is 9.10. The van der Waals surface area contributed by atoms with Crippen LogP contribution < -0.4 is 4.72 Å². The SMILES string of the molecule is CN(Cc1cc(Br)ccc1F)C(=O)Cc1ccc(NS(=O)(=O)c2cccs2)cc1. The zero-order chi connectivity index (χ0) is 21.0. The Bertz CT molecular complexity index is 1100. The number of hydrogen-bond acceptors (Lipinski definition) is 4. The van der Waals surface area contributed by atoms with Gasteiger partial charge in [-0.1, -0.05) is 34.1 Å². The summed E-state index contributed by atoms with van der Waals surface area (Å²) < 4.78 is 41.9. The predicted molar refractivity (Wildman–Crippen MR) is 116 cm³/mol. The molecule has 0 aliphatic rings. The number of nitrogens with zero attached hydrogens (tertiary/aromatic N) is 1. The Morgan fingerprint density at radius 3 is 2.55 bits per heavy atom. The fourth-order valence-electron chi connectivity index (χ4n) is 2.63. The number of nitrogens with one attached hydrogen (secondary N) is 1. The van der Waals surface area contributed by atoms with Crippen molar-refractivity contribution in [1.29, 1.82) is 0 Å². The van der Waals surface area contributed by atoms with Crippen LogP contribution in [0.2, 0.25) is 0 Å². The summed E-state index contributed by atoms with van der Waals surface area (Å²) in [7, 11) is -1.99. The summed E-state index contributed by atoms with van der Waals surface area (Å²) in [4.78, 5) is 13.9. The van der Waals surface area contributed by atoms with Crippen molar-refractivity contribution in [1.82, 2.24) is 4.90 Å². The van der Waals surface area contributed by atoms with Crippen LogP contribution in [0.4, 0.5) is 10.1 Å². The van der Waals surface area contributed by atoms with E-state index in [0.29, 0.717) is 11.3 Å². The molecule has 0 fully saturated rings. The van der Waals surface area contributed by atoms with Gasteiger partial charge in [-0.15, -0.1) is 11.3 Å². The van der Waals surface area contributed by atoms with Gasteiger partial charge in [0.1, 0.15) is 10.0 Å². The van der Waals surface area contributed by atoms with Crippen molar-refractivity contribution >= 4 is 48.9 Å². The third-order valence-corrected chi connectivity index (χ3v) is 7.43. The average Bonchev–Trinajstić information content (AvgIpc) is 3.22. The number of carbonyl (C=O) groups excluding carboxylic acids is 1. The van der Waals surface area contributed by atoms with Crippen molar-refractivity contribution in [3.63, 3.8) is 0 Å². The number of amides is 1. The highest BCUT2D eigenvalue weighted by atomic mass is 79.9. The van der Waals surface area contributed by atoms with Gasteiger partial charge < -0.3 is 4.90 Å². The first-order chi connectivity index (χ1) is 13.7. The van der Waals surface area contributed by atoms with Crippen LogP contribution in [0.3, 0.4) is 0 Å². The van der Waals surface area contributed by atoms with Gasteiger partial charge in [0, 0.05) is 29.3 Å². The van der Waals surface area contributed by atoms with Gasteiger partial charge in [-0.2, -0.15) is 0 Å². The van der Waals surface area contributed by atoms with E-state index in [9.17, 15) is 17.6 Å². The minimum atomic E-state index is -3.61. The number of rotatable bonds is 7. The van der Waals surface area contributed by atoms with E-state index in [0.717, 1.165) is 21.4 Å². The van der Waals surface area contributed by atoms with E-state index in [4.69, 9.17) is 0 Å². The molecule has 2 aromatic carbocycles. The molecule has 0 aliphatic heterocycles. The molecular weight excluding hydrogens is 479 g/mol. The summed E-state index contributed by atoms with van der Waals surface area (Å²) in [6.07, 6.45) is 0.129. The summed E-state index contributed by atoms with van der Waals surface area (Å²) >= 11 is 4.43. The third kappa shape index (κ3) is 5.65. The van der Waals surface area contributed by atoms with Crippen LogP contribution >= 0.6 is 27.3 Å². The van der Waals surface area contributed by atoms with Gasteiger partial charge in [0.05, 0.1) is 6.42 Å². The molecule has 9 heteroatoms. The smallest absolute Gasteiger partial charge is 0.271 e. The number of anilines is 1. The minimum absolute atomic E-state index is 0.129. The first-order valence-electron chi connectivity index (χ1n) is 8.58. The first-order valence-corrected chi connectivity index (χ1v) is 11.7. The average molecular weight is 497 g/mol. The van der Waals surface area contributed by atoms with Crippen molar-refractivity contribution in [3.8, 4) is 0 Å². The number of sulfonamides is 1. The lowest BCUT2D eigenvalue weighted by Crippen LogP contribution is -2.28. The number of hydrogen-bond donors (Lipinski definition) is 1. The zero-order valence-electron chi connectivity index (χ0n) is 15.4. The number of thiophene rings is 1. The molecule has 0 unspecified atom stereocenters. The van der Waals surface area contributed by atoms with Gasteiger partial charge in [0.2, 0.25) is 5.91 Å². The van der Waals surface area contributed by atoms with Gasteiger partial charge >= 0.3 is 0 Å². The first kappa shape index (κ1) is 21.5. The van der Waals surface area contributed by atoms with Crippen molar-refractivity contribution in [2.24, 2.45) is 0 Å². The molecule has 5 nitrogen and oxygen atoms in total. The standard InChI is InChI=1S/C20H18BrFN2O3S2/c1-24(13-15-12-16(21)6-9-18(15)22)19(25)11-14-4-7-17(8-5-14)23-29(26,27)20-3-2-10-28-20/h2-10,12,23H,11,13H2,1H3. The molecule has 0 bridgehead atoms. The second-order valence-electron chi connectivity index (χ2n) is 6.40. The monoisotopic (exact) mass is 496 g/mol. The molecule has 1 amide bonds. The van der Waals surface area contributed by atoms with Crippen LogP contribution in [-0.2, 0) is 27.8 Å². The predicted octanol–water partition coefficient (Wildman–Crippen LogP) is 4.65. The van der Waals surface area contributed by atoms with Gasteiger partial charge in [-0.05, 0) is 47.3 Å². The van der Waals surface area contributed by atoms with Crippen molar-refractivity contribution in [3.05, 3.63) is 81.4 Å². The fraction of sp³-hybridized carbons (Fsp3) is 0.150. The second kappa shape index (κ2) is 9.06. The molecule has 29 heavy (non-hydrogen) atoms. The number of carbonyl (C=O) groups is 1. The molecule has 0 saturated heterocycles. The molecule has 1 N–H and O–H groups in total. The molecule has 0 atom stereocenters. The Morgan fingerprint density at radius 1 is 1.17 bits per heavy atom. The molecule has 3 rings (SSSR count). The maximum absolute atomic E-state index is 13.9. The molecule has 0 radical (unpaired) electrons. The molecule has 1 aromatic heterocycles. The van der Waals surface area contributed by atoms with E-state index in [2.05, 4.69) is 20.7 Å². The van der Waals surface area contributed by atoms with E-state index in [-0.39, 0.29) is 28.9 Å². The minimum Gasteiger partial charge on any atom is -0.341 e. The van der Waals surface area contributed by atoms with Crippen LogP contribution in [0, 0.1) is 5.82 Å². The highest BCUT2D eigenvalue weighted by Gasteiger charge is 2.16. The van der Waals surface area contributed by atoms with Crippen molar-refractivity contribution in [2.45, 2.75) is 17.2 Å². The van der Waals surface area contributed by atoms with Crippen LogP contribution in [0.1, 0.15) is 11.1 Å². The highest BCUT2D eigenvalue weighted by Crippen LogP contribution is 2.21. The Kier molecular flexibility index (Phi) is 6.71. The van der Waals surface area contributed by atoms with Gasteiger partial charge in [0.15, 0.2) is 0 Å². The van der Waals surface area contributed by atoms with E-state index in [1.807, 2.05) is 0 Å². The summed E-state index contributed by atoms with van der Waals surface area (Å²) in [5.74, 6) is -0.536. The molecule has 3 aromatic rings. The number of halogens is 2. The van der Waals surface area contributed by atoms with E-state index >= 15 is 0 Å². The molecule has 1 heterocycles. The van der Waals surface area contributed by atoms with E-state index in [1.54, 1.807) is 54.9 Å². The zero-order valence-corrected chi connectivity index (χ0v) is 18.7. The van der Waals surface area contributed by atoms with E-state index in [1.165, 1.54) is 17.0 Å². The van der Waals surface area contributed by atoms with Gasteiger partial charge in [0.25, 0.3) is 10.0 Å². The van der Waals surface area contributed by atoms with E-state index < -0.39 is 10.0 Å². The maximum Gasteiger partial charge on any atom is 0.271 e. The lowest BCUT2D eigenvalue weighted by Gasteiger charge is -2.18. The Hall–Kier alpha value is -2.23. The van der Waals surface area contributed by atoms with Gasteiger partial charge in [-0.25, -0.2) is 12.8 Å².